The molecule has 1 amide bonds. The van der Waals surface area contributed by atoms with Crippen LogP contribution in [0.3, 0.4) is 0 Å². The van der Waals surface area contributed by atoms with E-state index < -0.39 is 5.91 Å². The zero-order valence-electron chi connectivity index (χ0n) is 15.3. The lowest BCUT2D eigenvalue weighted by molar-refractivity contribution is 0.0907. The van der Waals surface area contributed by atoms with Crippen LogP contribution in [-0.4, -0.2) is 25.8 Å². The molecular weight excluding hydrogens is 397 g/mol. The second kappa shape index (κ2) is 7.84. The molecule has 0 spiro atoms. The van der Waals surface area contributed by atoms with E-state index in [1.54, 1.807) is 36.0 Å². The van der Waals surface area contributed by atoms with Crippen LogP contribution in [0.2, 0.25) is 5.02 Å². The summed E-state index contributed by atoms with van der Waals surface area (Å²) in [5, 5.41) is 11.5. The van der Waals surface area contributed by atoms with Gasteiger partial charge in [-0.1, -0.05) is 35.0 Å². The highest BCUT2D eigenvalue weighted by molar-refractivity contribution is 6.31. The summed E-state index contributed by atoms with van der Waals surface area (Å²) in [5.41, 5.74) is 2.70. The molecule has 1 N–H and O–H groups in total. The molecule has 9 heteroatoms. The Morgan fingerprint density at radius 1 is 1.21 bits per heavy atom. The molecule has 2 heterocycles. The highest BCUT2D eigenvalue weighted by atomic mass is 35.5. The molecule has 2 aromatic carbocycles. The number of rotatable bonds is 5. The molecule has 0 saturated heterocycles. The van der Waals surface area contributed by atoms with Crippen molar-refractivity contribution in [3.8, 4) is 17.1 Å². The van der Waals surface area contributed by atoms with Gasteiger partial charge in [-0.2, -0.15) is 10.1 Å². The Balaban J connectivity index is 1.51. The van der Waals surface area contributed by atoms with Gasteiger partial charge in [-0.25, -0.2) is 9.07 Å². The number of nitrogens with one attached hydrogen (secondary N) is 1. The van der Waals surface area contributed by atoms with E-state index in [2.05, 4.69) is 20.6 Å². The smallest absolute Gasteiger partial charge is 0.316 e. The van der Waals surface area contributed by atoms with Crippen LogP contribution in [0.4, 0.5) is 4.39 Å². The van der Waals surface area contributed by atoms with Gasteiger partial charge in [0.05, 0.1) is 16.9 Å². The minimum Gasteiger partial charge on any atom is -0.344 e. The van der Waals surface area contributed by atoms with Crippen LogP contribution in [0.15, 0.2) is 59.3 Å². The predicted octanol–water partition coefficient (Wildman–Crippen LogP) is 3.95. The number of aromatic nitrogens is 4. The Kier molecular flexibility index (Phi) is 5.09. The summed E-state index contributed by atoms with van der Waals surface area (Å²) in [5.74, 6) is -0.768. The van der Waals surface area contributed by atoms with E-state index in [0.29, 0.717) is 22.0 Å². The summed E-state index contributed by atoms with van der Waals surface area (Å²) in [7, 11) is 0. The average molecular weight is 412 g/mol. The normalized spacial score (nSPS) is 10.9. The zero-order valence-corrected chi connectivity index (χ0v) is 16.0. The number of amides is 1. The molecule has 0 saturated carbocycles. The maximum Gasteiger partial charge on any atom is 0.316 e. The van der Waals surface area contributed by atoms with Gasteiger partial charge < -0.3 is 9.84 Å². The van der Waals surface area contributed by atoms with Crippen LogP contribution in [-0.2, 0) is 6.54 Å². The van der Waals surface area contributed by atoms with Gasteiger partial charge in [0.15, 0.2) is 0 Å². The van der Waals surface area contributed by atoms with Crippen molar-refractivity contribution in [2.24, 2.45) is 0 Å². The Labute approximate surface area is 170 Å². The van der Waals surface area contributed by atoms with E-state index in [1.807, 2.05) is 18.2 Å². The highest BCUT2D eigenvalue weighted by Crippen LogP contribution is 2.22. The molecule has 0 fully saturated rings. The van der Waals surface area contributed by atoms with Gasteiger partial charge in [0.1, 0.15) is 5.82 Å². The molecule has 2 aromatic heterocycles. The molecule has 0 unspecified atom stereocenters. The Bertz CT molecular complexity index is 1170. The van der Waals surface area contributed by atoms with Crippen molar-refractivity contribution in [3.05, 3.63) is 82.7 Å². The van der Waals surface area contributed by atoms with Gasteiger partial charge in [0.25, 0.3) is 0 Å². The lowest BCUT2D eigenvalue weighted by atomic mass is 10.2. The second-order valence-electron chi connectivity index (χ2n) is 6.25. The van der Waals surface area contributed by atoms with Crippen molar-refractivity contribution < 1.29 is 13.7 Å². The van der Waals surface area contributed by atoms with E-state index in [1.165, 1.54) is 12.1 Å². The summed E-state index contributed by atoms with van der Waals surface area (Å²) in [4.78, 5) is 16.5. The third-order valence-electron chi connectivity index (χ3n) is 4.25. The standard InChI is InChI=1S/C20H15ClFN5O2/c1-12-16(11-27(25-12)15-8-6-14(22)7-9-15)18-24-20(29-26-18)19(28)23-10-13-4-2-3-5-17(13)21/h2-9,11H,10H2,1H3,(H,23,28). The van der Waals surface area contributed by atoms with Gasteiger partial charge in [-0.15, -0.1) is 0 Å². The second-order valence-corrected chi connectivity index (χ2v) is 6.65. The molecule has 4 rings (SSSR count). The molecule has 0 aliphatic heterocycles. The van der Waals surface area contributed by atoms with Crippen molar-refractivity contribution in [2.45, 2.75) is 13.5 Å². The van der Waals surface area contributed by atoms with Crippen molar-refractivity contribution in [1.82, 2.24) is 25.2 Å². The first-order valence-corrected chi connectivity index (χ1v) is 9.07. The fourth-order valence-corrected chi connectivity index (χ4v) is 2.93. The van der Waals surface area contributed by atoms with Gasteiger partial charge in [-0.05, 0) is 42.8 Å². The van der Waals surface area contributed by atoms with E-state index in [4.69, 9.17) is 16.1 Å². The van der Waals surface area contributed by atoms with Crippen molar-refractivity contribution >= 4 is 17.5 Å². The number of nitrogens with zero attached hydrogens (tertiary/aromatic N) is 4. The zero-order chi connectivity index (χ0) is 20.4. The number of aryl methyl sites for hydroxylation is 1. The maximum absolute atomic E-state index is 13.1. The van der Waals surface area contributed by atoms with Crippen molar-refractivity contribution in [2.75, 3.05) is 0 Å². The quantitative estimate of drug-likeness (QED) is 0.537. The number of hydrogen-bond acceptors (Lipinski definition) is 5. The Hall–Kier alpha value is -3.52. The third-order valence-corrected chi connectivity index (χ3v) is 4.62. The molecule has 0 aliphatic rings. The number of hydrogen-bond donors (Lipinski definition) is 1. The monoisotopic (exact) mass is 411 g/mol. The molecule has 0 bridgehead atoms. The van der Waals surface area contributed by atoms with Crippen LogP contribution < -0.4 is 5.32 Å². The lowest BCUT2D eigenvalue weighted by Crippen LogP contribution is -2.23. The molecule has 0 atom stereocenters. The molecule has 29 heavy (non-hydrogen) atoms. The Morgan fingerprint density at radius 3 is 2.72 bits per heavy atom. The summed E-state index contributed by atoms with van der Waals surface area (Å²) in [6.45, 7) is 2.01. The fourth-order valence-electron chi connectivity index (χ4n) is 2.72. The average Bonchev–Trinajstić information content (AvgIpc) is 3.34. The predicted molar refractivity (Wildman–Crippen MR) is 104 cm³/mol. The van der Waals surface area contributed by atoms with E-state index in [0.717, 1.165) is 5.56 Å². The van der Waals surface area contributed by atoms with Crippen molar-refractivity contribution in [1.29, 1.82) is 0 Å². The molecule has 7 nitrogen and oxygen atoms in total. The summed E-state index contributed by atoms with van der Waals surface area (Å²) in [6, 6.07) is 13.1. The van der Waals surface area contributed by atoms with Gasteiger partial charge in [0.2, 0.25) is 5.82 Å². The van der Waals surface area contributed by atoms with Gasteiger partial charge >= 0.3 is 11.8 Å². The molecular formula is C20H15ClFN5O2. The third kappa shape index (κ3) is 4.02. The SMILES string of the molecule is Cc1nn(-c2ccc(F)cc2)cc1-c1noc(C(=O)NCc2ccccc2Cl)n1. The minimum absolute atomic E-state index is 0.166. The number of carbonyl (C=O) groups excluding carboxylic acids is 1. The molecule has 0 aliphatic carbocycles. The first-order chi connectivity index (χ1) is 14.0. The number of benzene rings is 2. The van der Waals surface area contributed by atoms with E-state index in [9.17, 15) is 9.18 Å². The maximum atomic E-state index is 13.1. The molecule has 4 aromatic rings. The van der Waals surface area contributed by atoms with E-state index >= 15 is 0 Å². The number of halogens is 2. The lowest BCUT2D eigenvalue weighted by Gasteiger charge is -2.04. The first-order valence-electron chi connectivity index (χ1n) is 8.69. The minimum atomic E-state index is -0.507. The van der Waals surface area contributed by atoms with Crippen LogP contribution in [0.25, 0.3) is 17.1 Å². The molecule has 0 radical (unpaired) electrons. The first kappa shape index (κ1) is 18.8. The van der Waals surface area contributed by atoms with E-state index in [-0.39, 0.29) is 24.1 Å². The van der Waals surface area contributed by atoms with Crippen molar-refractivity contribution in [3.63, 3.8) is 0 Å². The largest absolute Gasteiger partial charge is 0.344 e. The van der Waals surface area contributed by atoms with Crippen LogP contribution in [0.1, 0.15) is 21.9 Å². The topological polar surface area (TPSA) is 85.8 Å². The Morgan fingerprint density at radius 2 is 1.97 bits per heavy atom. The summed E-state index contributed by atoms with van der Waals surface area (Å²) < 4.78 is 19.8. The van der Waals surface area contributed by atoms with Gasteiger partial charge in [0, 0.05) is 17.8 Å². The van der Waals surface area contributed by atoms with Crippen LogP contribution >= 0.6 is 11.6 Å². The summed E-state index contributed by atoms with van der Waals surface area (Å²) in [6.07, 6.45) is 1.69. The number of carbonyl (C=O) groups is 1. The van der Waals surface area contributed by atoms with Crippen LogP contribution in [0, 0.1) is 12.7 Å². The molecule has 146 valence electrons. The van der Waals surface area contributed by atoms with Gasteiger partial charge in [-0.3, -0.25) is 4.79 Å². The van der Waals surface area contributed by atoms with Crippen LogP contribution in [0.5, 0.6) is 0 Å². The highest BCUT2D eigenvalue weighted by Gasteiger charge is 2.19. The fraction of sp³-hybridized carbons (Fsp3) is 0.100. The summed E-state index contributed by atoms with van der Waals surface area (Å²) >= 11 is 6.08.